The lowest BCUT2D eigenvalue weighted by molar-refractivity contribution is -0.141. The van der Waals surface area contributed by atoms with Crippen LogP contribution in [0, 0.1) is 11.3 Å². The van der Waals surface area contributed by atoms with Gasteiger partial charge in [-0.05, 0) is 36.1 Å². The molecule has 0 bridgehead atoms. The van der Waals surface area contributed by atoms with Gasteiger partial charge in [-0.15, -0.1) is 0 Å². The Morgan fingerprint density at radius 3 is 2.29 bits per heavy atom. The number of nitrogens with two attached hydrogens (primary N) is 1. The molecule has 3 aromatic rings. The molecule has 0 atom stereocenters. The highest BCUT2D eigenvalue weighted by atomic mass is 19.4. The third-order valence-electron chi connectivity index (χ3n) is 5.75. The maximum absolute atomic E-state index is 13.4. The molecule has 1 aromatic carbocycles. The average molecular weight is 468 g/mol. The van der Waals surface area contributed by atoms with Gasteiger partial charge >= 0.3 is 6.18 Å². The van der Waals surface area contributed by atoms with Crippen LogP contribution in [0.4, 0.5) is 24.9 Å². The number of carbonyl (C=O) groups is 1. The zero-order chi connectivity index (χ0) is 24.3. The van der Waals surface area contributed by atoms with Gasteiger partial charge in [0, 0.05) is 31.2 Å². The van der Waals surface area contributed by atoms with Gasteiger partial charge < -0.3 is 15.8 Å². The van der Waals surface area contributed by atoms with Crippen LogP contribution in [0.2, 0.25) is 0 Å². The molecule has 3 heterocycles. The quantitative estimate of drug-likeness (QED) is 0.598. The van der Waals surface area contributed by atoms with Crippen molar-refractivity contribution in [2.24, 2.45) is 0 Å². The molecule has 3 N–H and O–H groups in total. The van der Waals surface area contributed by atoms with Crippen LogP contribution >= 0.6 is 0 Å². The lowest BCUT2D eigenvalue weighted by Gasteiger charge is -2.36. The molecule has 1 amide bonds. The topological polar surface area (TPSA) is 127 Å². The van der Waals surface area contributed by atoms with E-state index < -0.39 is 28.8 Å². The van der Waals surface area contributed by atoms with Crippen LogP contribution in [0.25, 0.3) is 11.1 Å². The lowest BCUT2D eigenvalue weighted by Crippen LogP contribution is -2.45. The minimum Gasteiger partial charge on any atom is -0.381 e. The second-order valence-corrected chi connectivity index (χ2v) is 7.76. The Labute approximate surface area is 192 Å². The van der Waals surface area contributed by atoms with Gasteiger partial charge in [-0.25, -0.2) is 15.0 Å². The summed E-state index contributed by atoms with van der Waals surface area (Å²) >= 11 is 0. The van der Waals surface area contributed by atoms with Gasteiger partial charge in [0.2, 0.25) is 11.9 Å². The number of rotatable bonds is 4. The summed E-state index contributed by atoms with van der Waals surface area (Å²) < 4.78 is 45.3. The summed E-state index contributed by atoms with van der Waals surface area (Å²) in [5.41, 5.74) is 4.79. The molecule has 4 rings (SSSR count). The molecule has 8 nitrogen and oxygen atoms in total. The smallest absolute Gasteiger partial charge is 0.381 e. The summed E-state index contributed by atoms with van der Waals surface area (Å²) in [5, 5.41) is 11.5. The maximum Gasteiger partial charge on any atom is 0.434 e. The molecule has 174 valence electrons. The highest BCUT2D eigenvalue weighted by molar-refractivity contribution is 5.98. The van der Waals surface area contributed by atoms with Crippen molar-refractivity contribution in [2.75, 3.05) is 24.3 Å². The Kier molecular flexibility index (Phi) is 6.17. The predicted molar refractivity (Wildman–Crippen MR) is 116 cm³/mol. The Morgan fingerprint density at radius 1 is 1.06 bits per heavy atom. The van der Waals surface area contributed by atoms with Crippen LogP contribution in [0.15, 0.2) is 48.8 Å². The first kappa shape index (κ1) is 23.1. The van der Waals surface area contributed by atoms with E-state index in [9.17, 15) is 18.0 Å². The van der Waals surface area contributed by atoms with Gasteiger partial charge in [-0.2, -0.15) is 18.4 Å². The number of halogens is 3. The number of ether oxygens (including phenoxy) is 1. The molecule has 1 saturated heterocycles. The van der Waals surface area contributed by atoms with Crippen LogP contribution in [0.3, 0.4) is 0 Å². The largest absolute Gasteiger partial charge is 0.434 e. The minimum atomic E-state index is -4.83. The second-order valence-electron chi connectivity index (χ2n) is 7.76. The van der Waals surface area contributed by atoms with Gasteiger partial charge in [0.25, 0.3) is 0 Å². The fraction of sp³-hybridized carbons (Fsp3) is 0.261. The van der Waals surface area contributed by atoms with E-state index in [1.54, 1.807) is 24.5 Å². The van der Waals surface area contributed by atoms with E-state index in [1.807, 2.05) is 12.1 Å². The van der Waals surface area contributed by atoms with Crippen molar-refractivity contribution in [2.45, 2.75) is 24.4 Å². The second kappa shape index (κ2) is 9.07. The molecule has 1 aliphatic heterocycles. The number of nitrogens with zero attached hydrogens (tertiary/aromatic N) is 4. The maximum atomic E-state index is 13.4. The minimum absolute atomic E-state index is 0.156. The van der Waals surface area contributed by atoms with Crippen molar-refractivity contribution >= 4 is 17.7 Å². The Hall–Kier alpha value is -4.04. The summed E-state index contributed by atoms with van der Waals surface area (Å²) in [4.78, 5) is 24.9. The molecule has 1 fully saturated rings. The predicted octanol–water partition coefficient (Wildman–Crippen LogP) is 3.70. The first-order valence-corrected chi connectivity index (χ1v) is 10.3. The first-order chi connectivity index (χ1) is 16.2. The summed E-state index contributed by atoms with van der Waals surface area (Å²) in [7, 11) is 0. The number of nitrogen functional groups attached to an aromatic ring is 1. The molecule has 1 aliphatic rings. The molecule has 0 spiro atoms. The van der Waals surface area contributed by atoms with Crippen molar-refractivity contribution < 1.29 is 22.7 Å². The van der Waals surface area contributed by atoms with Crippen molar-refractivity contribution in [1.29, 1.82) is 5.26 Å². The summed E-state index contributed by atoms with van der Waals surface area (Å²) in [6.07, 6.45) is -0.979. The van der Waals surface area contributed by atoms with E-state index in [4.69, 9.17) is 15.7 Å². The van der Waals surface area contributed by atoms with Crippen molar-refractivity contribution in [1.82, 2.24) is 15.0 Å². The monoisotopic (exact) mass is 468 g/mol. The van der Waals surface area contributed by atoms with E-state index in [2.05, 4.69) is 20.3 Å². The molecule has 0 unspecified atom stereocenters. The third-order valence-corrected chi connectivity index (χ3v) is 5.75. The highest BCUT2D eigenvalue weighted by Crippen LogP contribution is 2.37. The van der Waals surface area contributed by atoms with E-state index in [0.717, 1.165) is 17.2 Å². The zero-order valence-electron chi connectivity index (χ0n) is 17.8. The number of aromatic nitrogens is 3. The molecule has 2 aromatic heterocycles. The van der Waals surface area contributed by atoms with Crippen molar-refractivity contribution in [3.8, 4) is 17.2 Å². The number of carbonyl (C=O) groups excluding carboxylic acids is 1. The summed E-state index contributed by atoms with van der Waals surface area (Å²) in [6.45, 7) is 0.630. The molecule has 34 heavy (non-hydrogen) atoms. The van der Waals surface area contributed by atoms with Crippen LogP contribution < -0.4 is 11.1 Å². The molecule has 11 heteroatoms. The number of pyridine rings is 1. The normalized spacial score (nSPS) is 15.4. The van der Waals surface area contributed by atoms with Crippen LogP contribution in [0.5, 0.6) is 0 Å². The SMILES string of the molecule is N#Cc1ccc(NC(=O)C2(c3ccc(-c4cnc(N)nc4)cc3)CCOCC2)nc1C(F)(F)F. The van der Waals surface area contributed by atoms with Gasteiger partial charge in [0.05, 0.1) is 11.0 Å². The van der Waals surface area contributed by atoms with E-state index in [-0.39, 0.29) is 11.8 Å². The molecule has 0 aliphatic carbocycles. The summed E-state index contributed by atoms with van der Waals surface area (Å²) in [5.74, 6) is -0.620. The molecule has 0 saturated carbocycles. The Balaban J connectivity index is 1.65. The van der Waals surface area contributed by atoms with Crippen molar-refractivity contribution in [3.05, 3.63) is 65.6 Å². The standard InChI is InChI=1S/C23H19F3N6O2/c24-23(25,26)19-15(11-27)3-6-18(31-19)32-20(33)22(7-9-34-10-8-22)17-4-1-14(2-5-17)16-12-29-21(28)30-13-16/h1-6,12-13H,7-10H2,(H2,28,29,30)(H,31,32,33). The molecular formula is C23H19F3N6O2. The average Bonchev–Trinajstić information content (AvgIpc) is 2.84. The number of hydrogen-bond acceptors (Lipinski definition) is 7. The Morgan fingerprint density at radius 2 is 1.71 bits per heavy atom. The van der Waals surface area contributed by atoms with Gasteiger partial charge in [-0.1, -0.05) is 24.3 Å². The van der Waals surface area contributed by atoms with Crippen LogP contribution in [0.1, 0.15) is 29.7 Å². The van der Waals surface area contributed by atoms with E-state index >= 15 is 0 Å². The molecular weight excluding hydrogens is 449 g/mol. The number of anilines is 2. The fourth-order valence-corrected chi connectivity index (χ4v) is 3.91. The van der Waals surface area contributed by atoms with E-state index in [0.29, 0.717) is 31.6 Å². The molecule has 0 radical (unpaired) electrons. The zero-order valence-corrected chi connectivity index (χ0v) is 17.8. The van der Waals surface area contributed by atoms with Gasteiger partial charge in [0.15, 0.2) is 5.69 Å². The Bertz CT molecular complexity index is 1230. The number of hydrogen-bond donors (Lipinski definition) is 2. The first-order valence-electron chi connectivity index (χ1n) is 10.3. The van der Waals surface area contributed by atoms with Crippen LogP contribution in [-0.2, 0) is 21.1 Å². The van der Waals surface area contributed by atoms with Crippen molar-refractivity contribution in [3.63, 3.8) is 0 Å². The third kappa shape index (κ3) is 4.53. The number of amides is 1. The fourth-order valence-electron chi connectivity index (χ4n) is 3.91. The van der Waals surface area contributed by atoms with Crippen LogP contribution in [-0.4, -0.2) is 34.1 Å². The summed E-state index contributed by atoms with van der Waals surface area (Å²) in [6, 6.07) is 10.9. The van der Waals surface area contributed by atoms with E-state index in [1.165, 1.54) is 12.1 Å². The lowest BCUT2D eigenvalue weighted by atomic mass is 9.73. The number of benzene rings is 1. The number of nitriles is 1. The van der Waals surface area contributed by atoms with Gasteiger partial charge in [-0.3, -0.25) is 4.79 Å². The van der Waals surface area contributed by atoms with Gasteiger partial charge in [0.1, 0.15) is 11.9 Å². The highest BCUT2D eigenvalue weighted by Gasteiger charge is 2.42. The number of nitrogens with one attached hydrogen (secondary N) is 1. The number of alkyl halides is 3.